The minimum absolute atomic E-state index is 0.0579. The molecule has 3 aliphatic rings. The van der Waals surface area contributed by atoms with Gasteiger partial charge in [0, 0.05) is 42.8 Å². The van der Waals surface area contributed by atoms with Crippen molar-refractivity contribution in [2.24, 2.45) is 5.41 Å². The quantitative estimate of drug-likeness (QED) is 0.738. The number of piperazine rings is 1. The number of hydrogen-bond donors (Lipinski definition) is 2. The molecule has 0 spiro atoms. The third kappa shape index (κ3) is 4.37. The summed E-state index contributed by atoms with van der Waals surface area (Å²) >= 11 is 0. The summed E-state index contributed by atoms with van der Waals surface area (Å²) in [6.07, 6.45) is 2.93. The van der Waals surface area contributed by atoms with Gasteiger partial charge in [0.1, 0.15) is 5.60 Å². The van der Waals surface area contributed by atoms with E-state index < -0.39 is 5.60 Å². The number of nitrogens with zero attached hydrogens (tertiary/aromatic N) is 2. The van der Waals surface area contributed by atoms with E-state index in [0.717, 1.165) is 29.7 Å². The van der Waals surface area contributed by atoms with Crippen molar-refractivity contribution < 1.29 is 19.5 Å². The highest BCUT2D eigenvalue weighted by Gasteiger charge is 2.50. The van der Waals surface area contributed by atoms with Gasteiger partial charge in [-0.2, -0.15) is 0 Å². The first-order valence-corrected chi connectivity index (χ1v) is 11.6. The van der Waals surface area contributed by atoms with Crippen LogP contribution in [-0.2, 0) is 9.59 Å². The van der Waals surface area contributed by atoms with E-state index in [1.54, 1.807) is 9.80 Å². The van der Waals surface area contributed by atoms with Crippen LogP contribution >= 0.6 is 0 Å². The van der Waals surface area contributed by atoms with E-state index in [1.807, 2.05) is 55.5 Å². The molecule has 2 saturated carbocycles. The van der Waals surface area contributed by atoms with Gasteiger partial charge in [0.05, 0.1) is 0 Å². The lowest BCUT2D eigenvalue weighted by Gasteiger charge is -2.35. The zero-order valence-electron chi connectivity index (χ0n) is 18.8. The molecule has 3 fully saturated rings. The Morgan fingerprint density at radius 3 is 2.09 bits per heavy atom. The molecule has 2 aromatic rings. The van der Waals surface area contributed by atoms with E-state index in [-0.39, 0.29) is 23.1 Å². The Bertz CT molecular complexity index is 1090. The van der Waals surface area contributed by atoms with E-state index in [4.69, 9.17) is 0 Å². The number of carbonyl (C=O) groups excluding carboxylic acids is 3. The number of carbonyl (C=O) groups is 3. The summed E-state index contributed by atoms with van der Waals surface area (Å²) in [5.41, 5.74) is 1.93. The molecule has 0 bridgehead atoms. The van der Waals surface area contributed by atoms with Gasteiger partial charge in [-0.05, 0) is 61.1 Å². The number of benzene rings is 2. The number of nitrogens with one attached hydrogen (secondary N) is 1. The molecular weight excluding hydrogens is 418 g/mol. The molecule has 3 amide bonds. The summed E-state index contributed by atoms with van der Waals surface area (Å²) in [4.78, 5) is 41.0. The van der Waals surface area contributed by atoms with Crippen molar-refractivity contribution in [2.45, 2.75) is 38.2 Å². The second-order valence-electron chi connectivity index (χ2n) is 9.79. The van der Waals surface area contributed by atoms with E-state index in [2.05, 4.69) is 5.32 Å². The van der Waals surface area contributed by atoms with Crippen molar-refractivity contribution in [3.63, 3.8) is 0 Å². The van der Waals surface area contributed by atoms with Crippen molar-refractivity contribution in [1.29, 1.82) is 0 Å². The fourth-order valence-electron chi connectivity index (χ4n) is 4.20. The molecule has 2 aromatic carbocycles. The van der Waals surface area contributed by atoms with Gasteiger partial charge in [-0.25, -0.2) is 0 Å². The lowest BCUT2D eigenvalue weighted by atomic mass is 10.0. The van der Waals surface area contributed by atoms with E-state index >= 15 is 0 Å². The van der Waals surface area contributed by atoms with Crippen LogP contribution in [0.4, 0.5) is 5.69 Å². The Hall–Kier alpha value is -3.19. The summed E-state index contributed by atoms with van der Waals surface area (Å²) in [5.74, 6) is -0.199. The molecule has 7 heteroatoms. The van der Waals surface area contributed by atoms with Gasteiger partial charge in [0.2, 0.25) is 5.91 Å². The summed E-state index contributed by atoms with van der Waals surface area (Å²) in [6, 6.07) is 15.2. The molecule has 172 valence electrons. The van der Waals surface area contributed by atoms with Crippen molar-refractivity contribution in [3.05, 3.63) is 54.1 Å². The van der Waals surface area contributed by atoms with E-state index in [1.165, 1.54) is 0 Å². The van der Waals surface area contributed by atoms with E-state index in [0.29, 0.717) is 44.6 Å². The molecule has 1 heterocycles. The van der Waals surface area contributed by atoms with Crippen LogP contribution in [0.2, 0.25) is 0 Å². The highest BCUT2D eigenvalue weighted by molar-refractivity contribution is 5.97. The van der Waals surface area contributed by atoms with Crippen LogP contribution in [0.3, 0.4) is 0 Å². The summed E-state index contributed by atoms with van der Waals surface area (Å²) in [5, 5.41) is 13.0. The van der Waals surface area contributed by atoms with Crippen LogP contribution in [0.15, 0.2) is 48.5 Å². The number of anilines is 1. The third-order valence-electron chi connectivity index (χ3n) is 7.11. The molecular formula is C26H29N3O4. The minimum Gasteiger partial charge on any atom is -0.380 e. The molecule has 1 saturated heterocycles. The molecule has 0 atom stereocenters. The van der Waals surface area contributed by atoms with Crippen molar-refractivity contribution >= 4 is 23.4 Å². The molecule has 0 unspecified atom stereocenters. The maximum absolute atomic E-state index is 12.9. The second kappa shape index (κ2) is 7.99. The van der Waals surface area contributed by atoms with Crippen LogP contribution in [0.1, 0.15) is 43.0 Å². The smallest absolute Gasteiger partial charge is 0.254 e. The van der Waals surface area contributed by atoms with Crippen LogP contribution in [-0.4, -0.2) is 64.4 Å². The largest absolute Gasteiger partial charge is 0.380 e. The van der Waals surface area contributed by atoms with Crippen LogP contribution in [0.5, 0.6) is 0 Å². The van der Waals surface area contributed by atoms with Gasteiger partial charge in [-0.1, -0.05) is 31.2 Å². The zero-order chi connectivity index (χ0) is 23.2. The molecule has 7 nitrogen and oxygen atoms in total. The first-order valence-electron chi connectivity index (χ1n) is 11.6. The van der Waals surface area contributed by atoms with Crippen molar-refractivity contribution in [3.8, 4) is 11.1 Å². The molecule has 1 aliphatic heterocycles. The van der Waals surface area contributed by atoms with Crippen LogP contribution in [0, 0.1) is 5.41 Å². The summed E-state index contributed by atoms with van der Waals surface area (Å²) in [7, 11) is 0. The predicted octanol–water partition coefficient (Wildman–Crippen LogP) is 2.90. The Morgan fingerprint density at radius 1 is 0.848 bits per heavy atom. The fraction of sp³-hybridized carbons (Fsp3) is 0.423. The van der Waals surface area contributed by atoms with Gasteiger partial charge in [-0.15, -0.1) is 0 Å². The Kier molecular flexibility index (Phi) is 5.24. The topological polar surface area (TPSA) is 90.0 Å². The average molecular weight is 448 g/mol. The number of hydrogen-bond acceptors (Lipinski definition) is 4. The molecule has 33 heavy (non-hydrogen) atoms. The maximum atomic E-state index is 12.9. The first kappa shape index (κ1) is 21.6. The molecule has 2 aliphatic carbocycles. The SMILES string of the molecule is CC1(C(=O)Nc2cccc(-c3ccc(C(=O)N4CCN(C(=O)C5(O)CC5)CC4)cc3)c2)CC1. The monoisotopic (exact) mass is 447 g/mol. The first-order chi connectivity index (χ1) is 15.8. The fourth-order valence-corrected chi connectivity index (χ4v) is 4.20. The zero-order valence-corrected chi connectivity index (χ0v) is 18.8. The molecule has 0 aromatic heterocycles. The second-order valence-corrected chi connectivity index (χ2v) is 9.79. The van der Waals surface area contributed by atoms with Gasteiger partial charge < -0.3 is 20.2 Å². The standard InChI is InChI=1S/C26H29N3O4/c1-25(9-10-25)23(31)27-21-4-2-3-20(17-21)18-5-7-19(8-6-18)22(30)28-13-15-29(16-14-28)24(32)26(33)11-12-26/h2-8,17,33H,9-16H2,1H3,(H,27,31). The van der Waals surface area contributed by atoms with Crippen molar-refractivity contribution in [2.75, 3.05) is 31.5 Å². The van der Waals surface area contributed by atoms with Crippen LogP contribution in [0.25, 0.3) is 11.1 Å². The van der Waals surface area contributed by atoms with Gasteiger partial charge in [0.15, 0.2) is 0 Å². The van der Waals surface area contributed by atoms with Crippen molar-refractivity contribution in [1.82, 2.24) is 9.80 Å². The lowest BCUT2D eigenvalue weighted by molar-refractivity contribution is -0.143. The highest BCUT2D eigenvalue weighted by Crippen LogP contribution is 2.45. The Balaban J connectivity index is 1.21. The maximum Gasteiger partial charge on any atom is 0.254 e. The third-order valence-corrected chi connectivity index (χ3v) is 7.11. The summed E-state index contributed by atoms with van der Waals surface area (Å²) < 4.78 is 0. The molecule has 2 N–H and O–H groups in total. The number of rotatable bonds is 5. The Labute approximate surface area is 193 Å². The van der Waals surface area contributed by atoms with E-state index in [9.17, 15) is 19.5 Å². The van der Waals surface area contributed by atoms with Crippen LogP contribution < -0.4 is 5.32 Å². The number of aliphatic hydroxyl groups is 1. The van der Waals surface area contributed by atoms with Gasteiger partial charge in [-0.3, -0.25) is 14.4 Å². The molecule has 0 radical (unpaired) electrons. The molecule has 5 rings (SSSR count). The van der Waals surface area contributed by atoms with Gasteiger partial charge in [0.25, 0.3) is 11.8 Å². The normalized spacial score (nSPS) is 20.2. The minimum atomic E-state index is -1.15. The Morgan fingerprint density at radius 2 is 1.48 bits per heavy atom. The summed E-state index contributed by atoms with van der Waals surface area (Å²) in [6.45, 7) is 3.80. The number of amides is 3. The van der Waals surface area contributed by atoms with Gasteiger partial charge >= 0.3 is 0 Å². The predicted molar refractivity (Wildman–Crippen MR) is 125 cm³/mol. The average Bonchev–Trinajstić information content (AvgIpc) is 3.77. The lowest BCUT2D eigenvalue weighted by Crippen LogP contribution is -2.53. The highest BCUT2D eigenvalue weighted by atomic mass is 16.3.